The third-order valence-corrected chi connectivity index (χ3v) is 5.87. The van der Waals surface area contributed by atoms with Crippen molar-refractivity contribution in [2.75, 3.05) is 11.4 Å². The number of benzene rings is 1. The Balaban J connectivity index is 1.55. The fourth-order valence-electron chi connectivity index (χ4n) is 4.64. The van der Waals surface area contributed by atoms with Crippen molar-refractivity contribution in [2.24, 2.45) is 5.41 Å². The minimum atomic E-state index is -3.09. The van der Waals surface area contributed by atoms with Gasteiger partial charge in [0.25, 0.3) is 11.8 Å². The normalized spacial score (nSPS) is 25.5. The molecule has 30 heavy (non-hydrogen) atoms. The number of aromatic nitrogens is 1. The molecule has 2 atom stereocenters. The molecule has 4 rings (SSSR count). The van der Waals surface area contributed by atoms with Gasteiger partial charge in [0.05, 0.1) is 5.41 Å². The van der Waals surface area contributed by atoms with Crippen molar-refractivity contribution in [2.45, 2.75) is 44.6 Å². The molecule has 8 heteroatoms. The Labute approximate surface area is 172 Å². The summed E-state index contributed by atoms with van der Waals surface area (Å²) >= 11 is 0. The van der Waals surface area contributed by atoms with Gasteiger partial charge in [0.15, 0.2) is 0 Å². The predicted molar refractivity (Wildman–Crippen MR) is 105 cm³/mol. The van der Waals surface area contributed by atoms with Crippen LogP contribution in [0.5, 0.6) is 0 Å². The molecule has 1 saturated carbocycles. The van der Waals surface area contributed by atoms with Gasteiger partial charge in [0, 0.05) is 36.8 Å². The van der Waals surface area contributed by atoms with Crippen LogP contribution in [0.1, 0.15) is 41.9 Å². The Kier molecular flexibility index (Phi) is 5.03. The van der Waals surface area contributed by atoms with E-state index < -0.39 is 47.9 Å². The number of amides is 2. The molecule has 2 aliphatic rings. The zero-order valence-corrected chi connectivity index (χ0v) is 16.5. The Morgan fingerprint density at radius 3 is 2.70 bits per heavy atom. The highest BCUT2D eigenvalue weighted by Crippen LogP contribution is 2.51. The smallest absolute Gasteiger partial charge is 0.270 e. The maximum absolute atomic E-state index is 14.6. The van der Waals surface area contributed by atoms with E-state index >= 15 is 0 Å². The van der Waals surface area contributed by atoms with Crippen molar-refractivity contribution in [3.05, 3.63) is 59.7 Å². The Morgan fingerprint density at radius 2 is 1.97 bits per heavy atom. The van der Waals surface area contributed by atoms with E-state index in [2.05, 4.69) is 10.3 Å². The summed E-state index contributed by atoms with van der Waals surface area (Å²) in [5.74, 6) is -4.57. The highest BCUT2D eigenvalue weighted by molar-refractivity contribution is 6.00. The third kappa shape index (κ3) is 3.91. The summed E-state index contributed by atoms with van der Waals surface area (Å²) in [5, 5.41) is 2.64. The first-order valence-electron chi connectivity index (χ1n) is 9.87. The number of carbonyl (C=O) groups excluding carboxylic acids is 2. The molecule has 1 spiro atoms. The molecule has 5 nitrogen and oxygen atoms in total. The zero-order valence-electron chi connectivity index (χ0n) is 16.5. The van der Waals surface area contributed by atoms with E-state index in [1.165, 1.54) is 29.2 Å². The lowest BCUT2D eigenvalue weighted by Gasteiger charge is -2.41. The molecular weight excluding hydrogens is 395 g/mol. The van der Waals surface area contributed by atoms with Crippen LogP contribution in [0.25, 0.3) is 0 Å². The molecular formula is C22H22F3N3O2. The van der Waals surface area contributed by atoms with Gasteiger partial charge in [-0.15, -0.1) is 0 Å². The lowest BCUT2D eigenvalue weighted by molar-refractivity contribution is -0.140. The monoisotopic (exact) mass is 417 g/mol. The molecule has 1 aromatic heterocycles. The van der Waals surface area contributed by atoms with Crippen molar-refractivity contribution in [1.82, 2.24) is 10.3 Å². The van der Waals surface area contributed by atoms with Crippen LogP contribution in [0.3, 0.4) is 0 Å². The summed E-state index contributed by atoms with van der Waals surface area (Å²) < 4.78 is 42.9. The van der Waals surface area contributed by atoms with Gasteiger partial charge in [-0.2, -0.15) is 0 Å². The van der Waals surface area contributed by atoms with Crippen molar-refractivity contribution in [3.8, 4) is 0 Å². The number of alkyl halides is 2. The molecule has 2 fully saturated rings. The van der Waals surface area contributed by atoms with E-state index in [1.54, 1.807) is 25.1 Å². The van der Waals surface area contributed by atoms with Crippen LogP contribution >= 0.6 is 0 Å². The Bertz CT molecular complexity index is 997. The summed E-state index contributed by atoms with van der Waals surface area (Å²) in [7, 11) is 0. The number of anilines is 1. The van der Waals surface area contributed by atoms with Crippen LogP contribution in [-0.4, -0.2) is 35.3 Å². The number of aryl methyl sites for hydroxylation is 1. The second-order valence-corrected chi connectivity index (χ2v) is 8.24. The first-order chi connectivity index (χ1) is 14.2. The van der Waals surface area contributed by atoms with Crippen LogP contribution < -0.4 is 10.2 Å². The van der Waals surface area contributed by atoms with Crippen LogP contribution in [-0.2, 0) is 4.79 Å². The van der Waals surface area contributed by atoms with Gasteiger partial charge in [0.2, 0.25) is 5.91 Å². The predicted octanol–water partition coefficient (Wildman–Crippen LogP) is 3.87. The number of hydrogen-bond donors (Lipinski definition) is 1. The first-order valence-corrected chi connectivity index (χ1v) is 9.87. The second kappa shape index (κ2) is 7.41. The average Bonchev–Trinajstić information content (AvgIpc) is 2.95. The topological polar surface area (TPSA) is 62.3 Å². The molecule has 1 saturated heterocycles. The van der Waals surface area contributed by atoms with Gasteiger partial charge in [-0.25, -0.2) is 18.2 Å². The molecule has 2 aromatic rings. The van der Waals surface area contributed by atoms with Crippen molar-refractivity contribution in [3.63, 3.8) is 0 Å². The first kappa shape index (κ1) is 20.4. The number of nitrogens with zero attached hydrogens (tertiary/aromatic N) is 2. The lowest BCUT2D eigenvalue weighted by atomic mass is 9.69. The number of carbonyl (C=O) groups is 2. The SMILES string of the molecule is Cc1cccc(C(=O)N[C@H]2CC(F)(F)C[C@]3(CCN(c4cccc(F)c4)C3=O)C2)n1. The third-order valence-electron chi connectivity index (χ3n) is 5.87. The molecule has 1 aliphatic heterocycles. The lowest BCUT2D eigenvalue weighted by Crippen LogP contribution is -2.52. The van der Waals surface area contributed by atoms with E-state index in [4.69, 9.17) is 0 Å². The average molecular weight is 417 g/mol. The molecule has 2 heterocycles. The van der Waals surface area contributed by atoms with E-state index in [0.29, 0.717) is 11.4 Å². The van der Waals surface area contributed by atoms with E-state index in [0.717, 1.165) is 0 Å². The molecule has 158 valence electrons. The molecule has 1 N–H and O–H groups in total. The standard InChI is InChI=1S/C22H22F3N3O2/c1-14-4-2-7-18(26-14)19(29)27-16-11-21(13-22(24,25)12-16)8-9-28(20(21)30)17-6-3-5-15(23)10-17/h2-7,10,16H,8-9,11-13H2,1H3,(H,27,29)/t16-,21+/m1/s1. The number of halogens is 3. The Hall–Kier alpha value is -2.90. The van der Waals surface area contributed by atoms with E-state index in [9.17, 15) is 22.8 Å². The van der Waals surface area contributed by atoms with Gasteiger partial charge in [-0.05, 0) is 50.1 Å². The maximum Gasteiger partial charge on any atom is 0.270 e. The van der Waals surface area contributed by atoms with Crippen LogP contribution in [0.15, 0.2) is 42.5 Å². The van der Waals surface area contributed by atoms with Crippen molar-refractivity contribution >= 4 is 17.5 Å². The van der Waals surface area contributed by atoms with E-state index in [-0.39, 0.29) is 25.1 Å². The summed E-state index contributed by atoms with van der Waals surface area (Å²) in [4.78, 5) is 31.2. The largest absolute Gasteiger partial charge is 0.348 e. The zero-order chi connectivity index (χ0) is 21.5. The number of hydrogen-bond acceptors (Lipinski definition) is 3. The van der Waals surface area contributed by atoms with Crippen molar-refractivity contribution < 1.29 is 22.8 Å². The quantitative estimate of drug-likeness (QED) is 0.825. The number of nitrogens with one attached hydrogen (secondary N) is 1. The molecule has 2 amide bonds. The highest BCUT2D eigenvalue weighted by atomic mass is 19.3. The van der Waals surface area contributed by atoms with Crippen LogP contribution in [0.4, 0.5) is 18.9 Å². The minimum absolute atomic E-state index is 0.116. The highest BCUT2D eigenvalue weighted by Gasteiger charge is 2.57. The maximum atomic E-state index is 14.6. The minimum Gasteiger partial charge on any atom is -0.348 e. The summed E-state index contributed by atoms with van der Waals surface area (Å²) in [5.41, 5.74) is -0.135. The fraction of sp³-hybridized carbons (Fsp3) is 0.409. The molecule has 1 aromatic carbocycles. The number of pyridine rings is 1. The molecule has 0 bridgehead atoms. The fourth-order valence-corrected chi connectivity index (χ4v) is 4.64. The molecule has 1 aliphatic carbocycles. The molecule has 0 unspecified atom stereocenters. The van der Waals surface area contributed by atoms with Gasteiger partial charge in [0.1, 0.15) is 11.5 Å². The molecule has 0 radical (unpaired) electrons. The van der Waals surface area contributed by atoms with Gasteiger partial charge < -0.3 is 10.2 Å². The van der Waals surface area contributed by atoms with Crippen LogP contribution in [0, 0.1) is 18.2 Å². The van der Waals surface area contributed by atoms with E-state index in [1.807, 2.05) is 0 Å². The number of rotatable bonds is 3. The summed E-state index contributed by atoms with van der Waals surface area (Å²) in [6, 6.07) is 9.62. The second-order valence-electron chi connectivity index (χ2n) is 8.24. The summed E-state index contributed by atoms with van der Waals surface area (Å²) in [6.07, 6.45) is -0.753. The van der Waals surface area contributed by atoms with Gasteiger partial charge >= 0.3 is 0 Å². The summed E-state index contributed by atoms with van der Waals surface area (Å²) in [6.45, 7) is 1.97. The van der Waals surface area contributed by atoms with Crippen molar-refractivity contribution in [1.29, 1.82) is 0 Å². The van der Waals surface area contributed by atoms with Gasteiger partial charge in [-0.3, -0.25) is 9.59 Å². The van der Waals surface area contributed by atoms with Gasteiger partial charge in [-0.1, -0.05) is 12.1 Å². The van der Waals surface area contributed by atoms with Crippen LogP contribution in [0.2, 0.25) is 0 Å². The Morgan fingerprint density at radius 1 is 1.20 bits per heavy atom.